The van der Waals surface area contributed by atoms with Crippen molar-refractivity contribution >= 4 is 5.76 Å². The summed E-state index contributed by atoms with van der Waals surface area (Å²) < 4.78 is 0. The van der Waals surface area contributed by atoms with Crippen molar-refractivity contribution in [3.05, 3.63) is 41.0 Å². The fourth-order valence-corrected chi connectivity index (χ4v) is 2.09. The Kier molecular flexibility index (Phi) is 4.51. The van der Waals surface area contributed by atoms with Crippen molar-refractivity contribution in [2.75, 3.05) is 0 Å². The number of fused-ring (bicyclic) bond motifs is 1. The SMILES string of the molecule is CCCC1=C([O-])c2ccccc2CC1.[Li+]. The van der Waals surface area contributed by atoms with Crippen molar-refractivity contribution in [3.63, 3.8) is 0 Å². The maximum absolute atomic E-state index is 12.0. The molecule has 0 radical (unpaired) electrons. The van der Waals surface area contributed by atoms with Crippen LogP contribution in [0.15, 0.2) is 29.8 Å². The molecule has 1 nitrogen and oxygen atoms in total. The van der Waals surface area contributed by atoms with E-state index in [0.29, 0.717) is 0 Å². The first-order valence-corrected chi connectivity index (χ1v) is 5.30. The molecule has 0 bridgehead atoms. The molecule has 0 amide bonds. The molecule has 0 aliphatic heterocycles. The van der Waals surface area contributed by atoms with Crippen LogP contribution in [-0.4, -0.2) is 0 Å². The molecule has 0 N–H and O–H groups in total. The Labute approximate surface area is 103 Å². The third kappa shape index (κ3) is 2.48. The number of hydrogen-bond donors (Lipinski definition) is 0. The first-order valence-electron chi connectivity index (χ1n) is 5.30. The van der Waals surface area contributed by atoms with Crippen LogP contribution in [0, 0.1) is 0 Å². The summed E-state index contributed by atoms with van der Waals surface area (Å²) in [6, 6.07) is 7.98. The van der Waals surface area contributed by atoms with Crippen LogP contribution in [0.5, 0.6) is 0 Å². The van der Waals surface area contributed by atoms with Gasteiger partial charge in [-0.2, -0.15) is 0 Å². The van der Waals surface area contributed by atoms with Crippen LogP contribution in [0.2, 0.25) is 0 Å². The predicted octanol–water partition coefficient (Wildman–Crippen LogP) is -0.492. The van der Waals surface area contributed by atoms with E-state index in [2.05, 4.69) is 13.0 Å². The predicted molar refractivity (Wildman–Crippen MR) is 56.6 cm³/mol. The van der Waals surface area contributed by atoms with Crippen LogP contribution in [0.1, 0.15) is 37.3 Å². The van der Waals surface area contributed by atoms with Gasteiger partial charge in [0, 0.05) is 0 Å². The summed E-state index contributed by atoms with van der Waals surface area (Å²) in [5.41, 5.74) is 3.27. The van der Waals surface area contributed by atoms with Gasteiger partial charge in [-0.05, 0) is 30.4 Å². The number of aryl methyl sites for hydroxylation is 1. The van der Waals surface area contributed by atoms with E-state index in [-0.39, 0.29) is 24.6 Å². The zero-order valence-corrected chi connectivity index (χ0v) is 9.55. The Morgan fingerprint density at radius 2 is 1.93 bits per heavy atom. The fourth-order valence-electron chi connectivity index (χ4n) is 2.09. The van der Waals surface area contributed by atoms with E-state index < -0.39 is 0 Å². The molecule has 0 unspecified atom stereocenters. The topological polar surface area (TPSA) is 23.1 Å². The molecule has 2 heteroatoms. The van der Waals surface area contributed by atoms with Crippen LogP contribution in [0.3, 0.4) is 0 Å². The minimum Gasteiger partial charge on any atom is -0.872 e. The van der Waals surface area contributed by atoms with Gasteiger partial charge in [0.05, 0.1) is 0 Å². The summed E-state index contributed by atoms with van der Waals surface area (Å²) in [6.45, 7) is 2.13. The maximum Gasteiger partial charge on any atom is 1.00 e. The third-order valence-corrected chi connectivity index (χ3v) is 2.83. The molecule has 15 heavy (non-hydrogen) atoms. The molecule has 1 aromatic carbocycles. The van der Waals surface area contributed by atoms with Crippen molar-refractivity contribution in [3.8, 4) is 0 Å². The van der Waals surface area contributed by atoms with Gasteiger partial charge < -0.3 is 5.11 Å². The molecule has 0 aromatic heterocycles. The van der Waals surface area contributed by atoms with Crippen molar-refractivity contribution in [2.24, 2.45) is 0 Å². The van der Waals surface area contributed by atoms with Crippen molar-refractivity contribution in [1.29, 1.82) is 0 Å². The Bertz CT molecular complexity index is 369. The van der Waals surface area contributed by atoms with Gasteiger partial charge in [0.2, 0.25) is 0 Å². The summed E-state index contributed by atoms with van der Waals surface area (Å²) in [5.74, 6) is 0.286. The normalized spacial score (nSPS) is 14.5. The van der Waals surface area contributed by atoms with E-state index >= 15 is 0 Å². The van der Waals surface area contributed by atoms with Gasteiger partial charge >= 0.3 is 18.9 Å². The monoisotopic (exact) mass is 194 g/mol. The van der Waals surface area contributed by atoms with Gasteiger partial charge in [-0.1, -0.05) is 43.2 Å². The zero-order valence-electron chi connectivity index (χ0n) is 9.55. The molecule has 0 saturated heterocycles. The average Bonchev–Trinajstić information content (AvgIpc) is 2.23. The Hall–Kier alpha value is -0.643. The van der Waals surface area contributed by atoms with Crippen molar-refractivity contribution in [2.45, 2.75) is 32.6 Å². The summed E-state index contributed by atoms with van der Waals surface area (Å²) >= 11 is 0. The van der Waals surface area contributed by atoms with E-state index in [1.807, 2.05) is 18.2 Å². The van der Waals surface area contributed by atoms with E-state index in [1.54, 1.807) is 0 Å². The second-order valence-electron chi connectivity index (χ2n) is 3.84. The molecule has 0 spiro atoms. The average molecular weight is 194 g/mol. The standard InChI is InChI=1S/C13H16O.Li/c1-2-5-11-9-8-10-6-3-4-7-12(10)13(11)14;/h3-4,6-7,14H,2,5,8-9H2,1H3;/q;+1/p-1. The number of rotatable bonds is 2. The van der Waals surface area contributed by atoms with E-state index in [4.69, 9.17) is 0 Å². The van der Waals surface area contributed by atoms with Crippen molar-refractivity contribution < 1.29 is 24.0 Å². The maximum atomic E-state index is 12.0. The second kappa shape index (κ2) is 5.44. The molecule has 2 rings (SSSR count). The molecule has 1 aromatic rings. The molecule has 0 atom stereocenters. The van der Waals surface area contributed by atoms with Gasteiger partial charge in [0.15, 0.2) is 0 Å². The van der Waals surface area contributed by atoms with Crippen LogP contribution < -0.4 is 24.0 Å². The van der Waals surface area contributed by atoms with Gasteiger partial charge in [-0.25, -0.2) is 0 Å². The summed E-state index contributed by atoms with van der Waals surface area (Å²) in [5, 5.41) is 12.0. The van der Waals surface area contributed by atoms with E-state index in [9.17, 15) is 5.11 Å². The second-order valence-corrected chi connectivity index (χ2v) is 3.84. The molecule has 1 aliphatic carbocycles. The zero-order chi connectivity index (χ0) is 9.97. The van der Waals surface area contributed by atoms with Gasteiger partial charge in [0.1, 0.15) is 0 Å². The molecular formula is C13H15LiO. The molecule has 74 valence electrons. The molecule has 0 fully saturated rings. The Morgan fingerprint density at radius 3 is 2.67 bits per heavy atom. The number of benzene rings is 1. The largest absolute Gasteiger partial charge is 1.00 e. The quantitative estimate of drug-likeness (QED) is 0.582. The summed E-state index contributed by atoms with van der Waals surface area (Å²) in [7, 11) is 0. The third-order valence-electron chi connectivity index (χ3n) is 2.83. The Morgan fingerprint density at radius 1 is 1.20 bits per heavy atom. The smallest absolute Gasteiger partial charge is 0.872 e. The first kappa shape index (κ1) is 12.4. The molecule has 0 heterocycles. The van der Waals surface area contributed by atoms with E-state index in [1.165, 1.54) is 5.56 Å². The van der Waals surface area contributed by atoms with Gasteiger partial charge in [-0.3, -0.25) is 0 Å². The molecule has 0 saturated carbocycles. The van der Waals surface area contributed by atoms with Crippen LogP contribution in [0.4, 0.5) is 0 Å². The van der Waals surface area contributed by atoms with Crippen LogP contribution in [-0.2, 0) is 6.42 Å². The van der Waals surface area contributed by atoms with Crippen LogP contribution >= 0.6 is 0 Å². The van der Waals surface area contributed by atoms with E-state index in [0.717, 1.165) is 36.8 Å². The van der Waals surface area contributed by atoms with Crippen molar-refractivity contribution in [1.82, 2.24) is 0 Å². The summed E-state index contributed by atoms with van der Waals surface area (Å²) in [4.78, 5) is 0. The number of hydrogen-bond acceptors (Lipinski definition) is 1. The van der Waals surface area contributed by atoms with Gasteiger partial charge in [-0.15, -0.1) is 5.76 Å². The molecule has 1 aliphatic rings. The minimum absolute atomic E-state index is 0. The first-order chi connectivity index (χ1) is 6.83. The Balaban J connectivity index is 0.00000112. The van der Waals surface area contributed by atoms with Crippen LogP contribution in [0.25, 0.3) is 5.76 Å². The number of allylic oxidation sites excluding steroid dienone is 1. The fraction of sp³-hybridized carbons (Fsp3) is 0.385. The molecular weight excluding hydrogens is 179 g/mol. The summed E-state index contributed by atoms with van der Waals surface area (Å²) in [6.07, 6.45) is 4.04. The van der Waals surface area contributed by atoms with Gasteiger partial charge in [0.25, 0.3) is 0 Å². The minimum atomic E-state index is 0.